The molecule has 0 aliphatic heterocycles. The fourth-order valence-corrected chi connectivity index (χ4v) is 3.01. The average Bonchev–Trinajstić information content (AvgIpc) is 2.36. The molecule has 110 valence electrons. The Hall–Kier alpha value is -1.66. The predicted molar refractivity (Wildman–Crippen MR) is 80.1 cm³/mol. The van der Waals surface area contributed by atoms with E-state index in [9.17, 15) is 13.2 Å². The highest BCUT2D eigenvalue weighted by Crippen LogP contribution is 2.20. The molecule has 5 nitrogen and oxygen atoms in total. The van der Waals surface area contributed by atoms with Gasteiger partial charge < -0.3 is 5.32 Å². The van der Waals surface area contributed by atoms with Gasteiger partial charge in [0, 0.05) is 19.2 Å². The lowest BCUT2D eigenvalue weighted by atomic mass is 10.2. The Morgan fingerprint density at radius 3 is 2.65 bits per heavy atom. The monoisotopic (exact) mass is 296 g/mol. The lowest BCUT2D eigenvalue weighted by molar-refractivity contribution is -0.114. The van der Waals surface area contributed by atoms with E-state index in [0.717, 1.165) is 0 Å². The van der Waals surface area contributed by atoms with Gasteiger partial charge in [0.15, 0.2) is 0 Å². The van der Waals surface area contributed by atoms with Crippen molar-refractivity contribution >= 4 is 21.6 Å². The van der Waals surface area contributed by atoms with E-state index in [1.165, 1.54) is 13.0 Å². The summed E-state index contributed by atoms with van der Waals surface area (Å²) < 4.78 is 27.0. The lowest BCUT2D eigenvalue weighted by Gasteiger charge is -2.11. The summed E-state index contributed by atoms with van der Waals surface area (Å²) >= 11 is 0. The Kier molecular flexibility index (Phi) is 5.91. The van der Waals surface area contributed by atoms with E-state index in [-0.39, 0.29) is 10.8 Å². The number of hydrogen-bond acceptors (Lipinski definition) is 3. The fraction of sp³-hybridized carbons (Fsp3) is 0.357. The van der Waals surface area contributed by atoms with Crippen LogP contribution in [0.3, 0.4) is 0 Å². The minimum absolute atomic E-state index is 0.184. The summed E-state index contributed by atoms with van der Waals surface area (Å²) in [5, 5.41) is 2.58. The smallest absolute Gasteiger partial charge is 0.240 e. The number of benzene rings is 1. The normalized spacial score (nSPS) is 11.8. The maximum absolute atomic E-state index is 12.2. The lowest BCUT2D eigenvalue weighted by Crippen LogP contribution is -2.25. The van der Waals surface area contributed by atoms with E-state index in [2.05, 4.69) is 10.0 Å². The molecule has 0 unspecified atom stereocenters. The Labute approximate surface area is 120 Å². The van der Waals surface area contributed by atoms with Crippen molar-refractivity contribution in [3.63, 3.8) is 0 Å². The van der Waals surface area contributed by atoms with Gasteiger partial charge in [0.25, 0.3) is 0 Å². The third-order valence-electron chi connectivity index (χ3n) is 2.64. The zero-order chi connectivity index (χ0) is 15.2. The first-order valence-electron chi connectivity index (χ1n) is 6.36. The van der Waals surface area contributed by atoms with Gasteiger partial charge in [0.1, 0.15) is 0 Å². The number of allylic oxidation sites excluding steroid dienone is 1. The van der Waals surface area contributed by atoms with E-state index < -0.39 is 10.0 Å². The molecule has 1 rings (SSSR count). The van der Waals surface area contributed by atoms with Crippen LogP contribution in [0.25, 0.3) is 0 Å². The molecule has 0 saturated carbocycles. The topological polar surface area (TPSA) is 75.3 Å². The Balaban J connectivity index is 2.95. The van der Waals surface area contributed by atoms with Gasteiger partial charge in [-0.05, 0) is 38.0 Å². The van der Waals surface area contributed by atoms with Gasteiger partial charge in [0.05, 0.1) is 4.90 Å². The molecule has 0 aliphatic rings. The van der Waals surface area contributed by atoms with Crippen LogP contribution in [0.4, 0.5) is 5.69 Å². The summed E-state index contributed by atoms with van der Waals surface area (Å²) in [5.41, 5.74) is 1.11. The van der Waals surface area contributed by atoms with Gasteiger partial charge in [-0.15, -0.1) is 0 Å². The molecule has 20 heavy (non-hydrogen) atoms. The van der Waals surface area contributed by atoms with Crippen molar-refractivity contribution in [1.29, 1.82) is 0 Å². The van der Waals surface area contributed by atoms with Crippen LogP contribution < -0.4 is 10.0 Å². The van der Waals surface area contributed by atoms with Crippen molar-refractivity contribution in [2.24, 2.45) is 0 Å². The Bertz CT molecular complexity index is 607. The van der Waals surface area contributed by atoms with E-state index in [0.29, 0.717) is 24.2 Å². The van der Waals surface area contributed by atoms with Crippen LogP contribution in [0.2, 0.25) is 0 Å². The van der Waals surface area contributed by atoms with Crippen LogP contribution >= 0.6 is 0 Å². The number of aryl methyl sites for hydroxylation is 1. The molecule has 0 atom stereocenters. The standard InChI is InChI=1S/C14H20N2O3S/c1-4-5-6-9-15-20(18,19)14-10-13(16-12(3)17)8-7-11(14)2/h4-5,7-8,10,15H,6,9H2,1-3H3,(H,16,17)/b5-4+. The number of hydrogen-bond donors (Lipinski definition) is 2. The summed E-state index contributed by atoms with van der Waals surface area (Å²) in [4.78, 5) is 11.2. The number of carbonyl (C=O) groups excluding carboxylic acids is 1. The molecule has 0 spiro atoms. The molecule has 0 aromatic heterocycles. The molecule has 0 saturated heterocycles. The van der Waals surface area contributed by atoms with Crippen molar-refractivity contribution < 1.29 is 13.2 Å². The van der Waals surface area contributed by atoms with Crippen LogP contribution in [0.15, 0.2) is 35.2 Å². The third kappa shape index (κ3) is 4.79. The average molecular weight is 296 g/mol. The number of rotatable bonds is 6. The van der Waals surface area contributed by atoms with Gasteiger partial charge in [-0.3, -0.25) is 4.79 Å². The fourth-order valence-electron chi connectivity index (χ4n) is 1.69. The summed E-state index contributed by atoms with van der Waals surface area (Å²) in [6.07, 6.45) is 4.40. The van der Waals surface area contributed by atoms with E-state index in [1.54, 1.807) is 19.1 Å². The highest BCUT2D eigenvalue weighted by molar-refractivity contribution is 7.89. The number of carbonyl (C=O) groups is 1. The third-order valence-corrected chi connectivity index (χ3v) is 4.24. The second-order valence-electron chi connectivity index (χ2n) is 4.42. The minimum atomic E-state index is -3.56. The van der Waals surface area contributed by atoms with Crippen molar-refractivity contribution in [3.8, 4) is 0 Å². The maximum atomic E-state index is 12.2. The summed E-state index contributed by atoms with van der Waals surface area (Å²) in [5.74, 6) is -0.238. The van der Waals surface area contributed by atoms with Crippen molar-refractivity contribution in [1.82, 2.24) is 4.72 Å². The van der Waals surface area contributed by atoms with Crippen LogP contribution in [-0.4, -0.2) is 20.9 Å². The molecule has 6 heteroatoms. The quantitative estimate of drug-likeness (QED) is 0.624. The van der Waals surface area contributed by atoms with Gasteiger partial charge in [-0.25, -0.2) is 13.1 Å². The van der Waals surface area contributed by atoms with Gasteiger partial charge >= 0.3 is 0 Å². The molecule has 1 aromatic carbocycles. The van der Waals surface area contributed by atoms with Gasteiger partial charge in [-0.2, -0.15) is 0 Å². The first-order chi connectivity index (χ1) is 9.36. The molecule has 0 radical (unpaired) electrons. The zero-order valence-electron chi connectivity index (χ0n) is 11.9. The van der Waals surface area contributed by atoms with Crippen molar-refractivity contribution in [3.05, 3.63) is 35.9 Å². The maximum Gasteiger partial charge on any atom is 0.240 e. The van der Waals surface area contributed by atoms with Crippen LogP contribution in [-0.2, 0) is 14.8 Å². The molecule has 0 fully saturated rings. The van der Waals surface area contributed by atoms with E-state index >= 15 is 0 Å². The summed E-state index contributed by atoms with van der Waals surface area (Å²) in [7, 11) is -3.56. The molecule has 0 bridgehead atoms. The number of amides is 1. The van der Waals surface area contributed by atoms with Crippen LogP contribution in [0.1, 0.15) is 25.8 Å². The Morgan fingerprint density at radius 1 is 1.35 bits per heavy atom. The molecular formula is C14H20N2O3S. The van der Waals surface area contributed by atoms with Gasteiger partial charge in [-0.1, -0.05) is 18.2 Å². The largest absolute Gasteiger partial charge is 0.326 e. The first kappa shape index (κ1) is 16.4. The van der Waals surface area contributed by atoms with Crippen molar-refractivity contribution in [2.45, 2.75) is 32.1 Å². The first-order valence-corrected chi connectivity index (χ1v) is 7.84. The zero-order valence-corrected chi connectivity index (χ0v) is 12.8. The predicted octanol–water partition coefficient (Wildman–Crippen LogP) is 2.20. The Morgan fingerprint density at radius 2 is 2.05 bits per heavy atom. The SMILES string of the molecule is C/C=C/CCNS(=O)(=O)c1cc(NC(C)=O)ccc1C. The van der Waals surface area contributed by atoms with Gasteiger partial charge in [0.2, 0.25) is 15.9 Å². The highest BCUT2D eigenvalue weighted by Gasteiger charge is 2.16. The van der Waals surface area contributed by atoms with Crippen LogP contribution in [0, 0.1) is 6.92 Å². The molecular weight excluding hydrogens is 276 g/mol. The number of sulfonamides is 1. The summed E-state index contributed by atoms with van der Waals surface area (Å²) in [6, 6.07) is 4.82. The highest BCUT2D eigenvalue weighted by atomic mass is 32.2. The second-order valence-corrected chi connectivity index (χ2v) is 6.15. The number of nitrogens with one attached hydrogen (secondary N) is 2. The second kappa shape index (κ2) is 7.21. The van der Waals surface area contributed by atoms with E-state index in [4.69, 9.17) is 0 Å². The van der Waals surface area contributed by atoms with Crippen LogP contribution in [0.5, 0.6) is 0 Å². The molecule has 0 heterocycles. The van der Waals surface area contributed by atoms with E-state index in [1.807, 2.05) is 19.1 Å². The molecule has 2 N–H and O–H groups in total. The molecule has 0 aliphatic carbocycles. The number of anilines is 1. The summed E-state index contributed by atoms with van der Waals surface area (Å²) in [6.45, 7) is 5.33. The molecule has 1 amide bonds. The molecule has 1 aromatic rings. The van der Waals surface area contributed by atoms with Crippen molar-refractivity contribution in [2.75, 3.05) is 11.9 Å². The minimum Gasteiger partial charge on any atom is -0.326 e.